The number of rotatable bonds is 0. The summed E-state index contributed by atoms with van der Waals surface area (Å²) in [6.07, 6.45) is 5.49. The highest BCUT2D eigenvalue weighted by Crippen LogP contribution is 2.24. The van der Waals surface area contributed by atoms with E-state index >= 15 is 0 Å². The van der Waals surface area contributed by atoms with Gasteiger partial charge < -0.3 is 5.32 Å². The van der Waals surface area contributed by atoms with Crippen LogP contribution in [0.3, 0.4) is 0 Å². The molecule has 0 amide bonds. The Balaban J connectivity index is 2.32. The predicted molar refractivity (Wildman–Crippen MR) is 44.8 cm³/mol. The molecule has 0 bridgehead atoms. The molecule has 0 radical (unpaired) electrons. The fourth-order valence-corrected chi connectivity index (χ4v) is 1.54. The predicted octanol–water partition coefficient (Wildman–Crippen LogP) is 1.30. The molecular weight excluding hydrogens is 208 g/mol. The maximum absolute atomic E-state index is 9.08. The smallest absolute Gasteiger partial charge is 0.0718 e. The first-order valence-electron chi connectivity index (χ1n) is 3.26. The van der Waals surface area contributed by atoms with Gasteiger partial charge in [0.15, 0.2) is 0 Å². The van der Waals surface area contributed by atoms with Crippen LogP contribution in [0.5, 0.6) is 0 Å². The number of hydroxylamine groups is 2. The molecule has 0 aromatic rings. The lowest BCUT2D eigenvalue weighted by Gasteiger charge is -2.09. The molecule has 2 rings (SSSR count). The molecular formula is C7H7BrN2O. The first kappa shape index (κ1) is 6.94. The minimum absolute atomic E-state index is 0.561. The summed E-state index contributed by atoms with van der Waals surface area (Å²) in [5, 5.41) is 13.3. The van der Waals surface area contributed by atoms with Crippen LogP contribution in [0.15, 0.2) is 34.2 Å². The Morgan fingerprint density at radius 1 is 1.64 bits per heavy atom. The molecule has 3 nitrogen and oxygen atoms in total. The molecule has 0 aromatic heterocycles. The standard InChI is InChI=1S/C7H7BrN2O/c8-6-1-5-3-10(11)4-7(5)9-2-6/h1-2,4,9,11H,3H2. The molecule has 2 heterocycles. The van der Waals surface area contributed by atoms with E-state index in [-0.39, 0.29) is 0 Å². The third-order valence-corrected chi connectivity index (χ3v) is 2.09. The van der Waals surface area contributed by atoms with Crippen LogP contribution >= 0.6 is 15.9 Å². The van der Waals surface area contributed by atoms with E-state index in [2.05, 4.69) is 21.2 Å². The number of halogens is 1. The molecule has 2 aliphatic rings. The van der Waals surface area contributed by atoms with Crippen LogP contribution in [0.2, 0.25) is 0 Å². The molecule has 0 saturated heterocycles. The van der Waals surface area contributed by atoms with Crippen LogP contribution in [0.25, 0.3) is 0 Å². The number of allylic oxidation sites excluding steroid dienone is 2. The molecule has 0 aliphatic carbocycles. The van der Waals surface area contributed by atoms with Crippen molar-refractivity contribution in [2.45, 2.75) is 0 Å². The lowest BCUT2D eigenvalue weighted by Crippen LogP contribution is -2.11. The summed E-state index contributed by atoms with van der Waals surface area (Å²) in [5.41, 5.74) is 2.07. The van der Waals surface area contributed by atoms with E-state index in [1.165, 1.54) is 0 Å². The van der Waals surface area contributed by atoms with Crippen molar-refractivity contribution in [2.24, 2.45) is 0 Å². The normalized spacial score (nSPS) is 21.6. The third-order valence-electron chi connectivity index (χ3n) is 1.63. The molecule has 0 spiro atoms. The van der Waals surface area contributed by atoms with Crippen molar-refractivity contribution in [3.8, 4) is 0 Å². The lowest BCUT2D eigenvalue weighted by molar-refractivity contribution is -0.0251. The van der Waals surface area contributed by atoms with E-state index in [0.29, 0.717) is 6.54 Å². The SMILES string of the molecule is ON1C=C2NC=C(Br)C=C2C1. The highest BCUT2D eigenvalue weighted by molar-refractivity contribution is 9.11. The Kier molecular flexibility index (Phi) is 1.51. The Labute approximate surface area is 72.8 Å². The number of nitrogens with zero attached hydrogens (tertiary/aromatic N) is 1. The first-order valence-corrected chi connectivity index (χ1v) is 4.05. The zero-order valence-electron chi connectivity index (χ0n) is 5.71. The van der Waals surface area contributed by atoms with Crippen LogP contribution in [-0.2, 0) is 0 Å². The van der Waals surface area contributed by atoms with E-state index in [0.717, 1.165) is 20.8 Å². The minimum Gasteiger partial charge on any atom is -0.359 e. The van der Waals surface area contributed by atoms with Gasteiger partial charge in [0.05, 0.1) is 18.4 Å². The molecule has 0 fully saturated rings. The topological polar surface area (TPSA) is 35.5 Å². The largest absolute Gasteiger partial charge is 0.359 e. The van der Waals surface area contributed by atoms with Crippen LogP contribution in [0, 0.1) is 0 Å². The maximum atomic E-state index is 9.08. The second-order valence-corrected chi connectivity index (χ2v) is 3.40. The van der Waals surface area contributed by atoms with Crippen molar-refractivity contribution in [2.75, 3.05) is 6.54 Å². The monoisotopic (exact) mass is 214 g/mol. The Morgan fingerprint density at radius 3 is 3.27 bits per heavy atom. The van der Waals surface area contributed by atoms with Gasteiger partial charge in [0.2, 0.25) is 0 Å². The fraction of sp³-hybridized carbons (Fsp3) is 0.143. The van der Waals surface area contributed by atoms with Gasteiger partial charge in [0, 0.05) is 16.3 Å². The van der Waals surface area contributed by atoms with Gasteiger partial charge in [-0.1, -0.05) is 0 Å². The summed E-state index contributed by atoms with van der Waals surface area (Å²) in [6, 6.07) is 0. The summed E-state index contributed by atoms with van der Waals surface area (Å²) < 4.78 is 1.000. The molecule has 0 saturated carbocycles. The third kappa shape index (κ3) is 1.19. The van der Waals surface area contributed by atoms with Gasteiger partial charge in [-0.3, -0.25) is 10.3 Å². The molecule has 0 aromatic carbocycles. The van der Waals surface area contributed by atoms with Crippen molar-refractivity contribution in [1.29, 1.82) is 0 Å². The van der Waals surface area contributed by atoms with Crippen LogP contribution in [-0.4, -0.2) is 16.8 Å². The van der Waals surface area contributed by atoms with Gasteiger partial charge in [-0.2, -0.15) is 0 Å². The minimum atomic E-state index is 0.561. The average molecular weight is 215 g/mol. The van der Waals surface area contributed by atoms with Gasteiger partial charge in [0.25, 0.3) is 0 Å². The highest BCUT2D eigenvalue weighted by atomic mass is 79.9. The van der Waals surface area contributed by atoms with Gasteiger partial charge >= 0.3 is 0 Å². The Bertz CT molecular complexity index is 280. The van der Waals surface area contributed by atoms with Crippen molar-refractivity contribution >= 4 is 15.9 Å². The zero-order valence-corrected chi connectivity index (χ0v) is 7.30. The van der Waals surface area contributed by atoms with Crippen LogP contribution in [0.1, 0.15) is 0 Å². The molecule has 2 N–H and O–H groups in total. The average Bonchev–Trinajstić information content (AvgIpc) is 2.27. The first-order chi connectivity index (χ1) is 5.25. The number of nitrogens with one attached hydrogen (secondary N) is 1. The van der Waals surface area contributed by atoms with Gasteiger partial charge in [-0.25, -0.2) is 0 Å². The van der Waals surface area contributed by atoms with Gasteiger partial charge in [0.1, 0.15) is 0 Å². The number of hydrogen-bond acceptors (Lipinski definition) is 3. The van der Waals surface area contributed by atoms with Crippen molar-refractivity contribution in [3.63, 3.8) is 0 Å². The van der Waals surface area contributed by atoms with E-state index in [1.807, 2.05) is 12.3 Å². The Morgan fingerprint density at radius 2 is 2.45 bits per heavy atom. The number of fused-ring (bicyclic) bond motifs is 1. The van der Waals surface area contributed by atoms with E-state index in [1.54, 1.807) is 6.20 Å². The molecule has 2 aliphatic heterocycles. The van der Waals surface area contributed by atoms with Gasteiger partial charge in [-0.05, 0) is 22.0 Å². The second-order valence-electron chi connectivity index (χ2n) is 2.48. The molecule has 4 heteroatoms. The summed E-state index contributed by atoms with van der Waals surface area (Å²) in [6.45, 7) is 0.561. The highest BCUT2D eigenvalue weighted by Gasteiger charge is 2.18. The van der Waals surface area contributed by atoms with E-state index in [4.69, 9.17) is 5.21 Å². The summed E-state index contributed by atoms with van der Waals surface area (Å²) in [4.78, 5) is 0. The second kappa shape index (κ2) is 2.39. The van der Waals surface area contributed by atoms with Crippen LogP contribution in [0.4, 0.5) is 0 Å². The number of hydrogen-bond donors (Lipinski definition) is 2. The summed E-state index contributed by atoms with van der Waals surface area (Å²) in [5.74, 6) is 0. The molecule has 0 unspecified atom stereocenters. The van der Waals surface area contributed by atoms with Crippen molar-refractivity contribution in [3.05, 3.63) is 34.2 Å². The maximum Gasteiger partial charge on any atom is 0.0718 e. The van der Waals surface area contributed by atoms with E-state index < -0.39 is 0 Å². The molecule has 0 atom stereocenters. The summed E-state index contributed by atoms with van der Waals surface area (Å²) >= 11 is 3.34. The zero-order chi connectivity index (χ0) is 7.84. The van der Waals surface area contributed by atoms with Crippen molar-refractivity contribution in [1.82, 2.24) is 10.4 Å². The van der Waals surface area contributed by atoms with Gasteiger partial charge in [-0.15, -0.1) is 0 Å². The van der Waals surface area contributed by atoms with Crippen LogP contribution < -0.4 is 5.32 Å². The lowest BCUT2D eigenvalue weighted by atomic mass is 10.2. The number of dihydropyridines is 1. The quantitative estimate of drug-likeness (QED) is 0.639. The summed E-state index contributed by atoms with van der Waals surface area (Å²) in [7, 11) is 0. The van der Waals surface area contributed by atoms with E-state index in [9.17, 15) is 0 Å². The van der Waals surface area contributed by atoms with Crippen molar-refractivity contribution < 1.29 is 5.21 Å². The fourth-order valence-electron chi connectivity index (χ4n) is 1.15. The molecule has 11 heavy (non-hydrogen) atoms. The molecule has 58 valence electrons. The Hall–Kier alpha value is -0.740.